The lowest BCUT2D eigenvalue weighted by Gasteiger charge is -2.31. The summed E-state index contributed by atoms with van der Waals surface area (Å²) in [7, 11) is 3.98. The van der Waals surface area contributed by atoms with Crippen LogP contribution in [0.3, 0.4) is 0 Å². The molecule has 4 aromatic rings. The Morgan fingerprint density at radius 1 is 0.917 bits per heavy atom. The molecular formula is C46H51ClN6O7. The summed E-state index contributed by atoms with van der Waals surface area (Å²) in [6.45, 7) is 3.25. The number of aromatic nitrogens is 1. The molecule has 0 bridgehead atoms. The van der Waals surface area contributed by atoms with Crippen molar-refractivity contribution >= 4 is 62.8 Å². The summed E-state index contributed by atoms with van der Waals surface area (Å²) >= 11 is 6.51. The van der Waals surface area contributed by atoms with Crippen molar-refractivity contribution in [1.29, 1.82) is 0 Å². The largest absolute Gasteiger partial charge is 0.492 e. The minimum Gasteiger partial charge on any atom is -0.492 e. The van der Waals surface area contributed by atoms with Gasteiger partial charge >= 0.3 is 6.09 Å². The highest BCUT2D eigenvalue weighted by Crippen LogP contribution is 2.46. The fourth-order valence-electron chi connectivity index (χ4n) is 7.69. The van der Waals surface area contributed by atoms with Crippen LogP contribution in [0, 0.1) is 5.92 Å². The topological polar surface area (TPSA) is 146 Å². The van der Waals surface area contributed by atoms with Crippen molar-refractivity contribution in [2.24, 2.45) is 5.92 Å². The number of aromatic amines is 1. The van der Waals surface area contributed by atoms with E-state index in [4.69, 9.17) is 25.8 Å². The van der Waals surface area contributed by atoms with Crippen LogP contribution < -0.4 is 25.0 Å². The van der Waals surface area contributed by atoms with E-state index in [0.717, 1.165) is 45.2 Å². The first-order chi connectivity index (χ1) is 29.2. The van der Waals surface area contributed by atoms with Crippen LogP contribution in [0.15, 0.2) is 103 Å². The zero-order valence-corrected chi connectivity index (χ0v) is 34.7. The van der Waals surface area contributed by atoms with Gasteiger partial charge in [0, 0.05) is 78.5 Å². The van der Waals surface area contributed by atoms with Crippen molar-refractivity contribution in [3.63, 3.8) is 0 Å². The zero-order valence-electron chi connectivity index (χ0n) is 34.0. The van der Waals surface area contributed by atoms with E-state index in [1.165, 1.54) is 0 Å². The van der Waals surface area contributed by atoms with E-state index in [9.17, 15) is 19.2 Å². The summed E-state index contributed by atoms with van der Waals surface area (Å²) in [5.74, 6) is 0.752. The molecule has 3 heterocycles. The van der Waals surface area contributed by atoms with E-state index < -0.39 is 6.09 Å². The Labute approximate surface area is 354 Å². The summed E-state index contributed by atoms with van der Waals surface area (Å²) in [6, 6.07) is 16.9. The van der Waals surface area contributed by atoms with E-state index in [2.05, 4.69) is 15.6 Å². The van der Waals surface area contributed by atoms with Crippen LogP contribution in [-0.2, 0) is 14.3 Å². The number of likely N-dealkylation sites (N-methyl/N-ethyl adjacent to an activating group) is 1. The number of fused-ring (bicyclic) bond motifs is 4. The minimum atomic E-state index is -0.675. The Bertz CT molecular complexity index is 2340. The zero-order chi connectivity index (χ0) is 42.0. The third-order valence-electron chi connectivity index (χ3n) is 10.9. The molecule has 1 saturated heterocycles. The Morgan fingerprint density at radius 3 is 2.50 bits per heavy atom. The molecule has 0 radical (unpaired) electrons. The lowest BCUT2D eigenvalue weighted by Crippen LogP contribution is -2.43. The molecule has 0 saturated carbocycles. The number of ether oxygens (including phenoxy) is 3. The third-order valence-corrected chi connectivity index (χ3v) is 11.2. The van der Waals surface area contributed by atoms with E-state index in [1.54, 1.807) is 15.9 Å². The first-order valence-electron chi connectivity index (χ1n) is 20.4. The molecule has 3 aromatic carbocycles. The summed E-state index contributed by atoms with van der Waals surface area (Å²) in [4.78, 5) is 61.7. The van der Waals surface area contributed by atoms with Gasteiger partial charge in [-0.2, -0.15) is 0 Å². The molecule has 0 spiro atoms. The number of benzene rings is 3. The highest BCUT2D eigenvalue weighted by Gasteiger charge is 2.36. The van der Waals surface area contributed by atoms with Gasteiger partial charge in [0.25, 0.3) is 5.91 Å². The third kappa shape index (κ3) is 10.3. The van der Waals surface area contributed by atoms with E-state index in [1.807, 2.05) is 110 Å². The molecule has 3 N–H and O–H groups in total. The number of hydrogen-bond donors (Lipinski definition) is 3. The number of amides is 4. The number of likely N-dealkylation sites (tertiary alicyclic amines) is 1. The number of halogens is 1. The van der Waals surface area contributed by atoms with Gasteiger partial charge in [-0.1, -0.05) is 54.6 Å². The van der Waals surface area contributed by atoms with Crippen molar-refractivity contribution in [1.82, 2.24) is 25.4 Å². The molecule has 2 aliphatic heterocycles. The van der Waals surface area contributed by atoms with Crippen molar-refractivity contribution in [3.8, 4) is 11.5 Å². The predicted octanol–water partition coefficient (Wildman–Crippen LogP) is 6.66. The van der Waals surface area contributed by atoms with Gasteiger partial charge in [-0.25, -0.2) is 4.79 Å². The summed E-state index contributed by atoms with van der Waals surface area (Å²) in [5.41, 5.74) is 3.53. The number of alkyl halides is 1. The predicted molar refractivity (Wildman–Crippen MR) is 234 cm³/mol. The Kier molecular flexibility index (Phi) is 14.0. The van der Waals surface area contributed by atoms with Crippen molar-refractivity contribution in [2.75, 3.05) is 77.4 Å². The molecule has 14 heteroatoms. The van der Waals surface area contributed by atoms with Crippen molar-refractivity contribution in [2.45, 2.75) is 25.2 Å². The Hall–Kier alpha value is -5.89. The van der Waals surface area contributed by atoms with Crippen LogP contribution in [-0.4, -0.2) is 111 Å². The van der Waals surface area contributed by atoms with E-state index in [-0.39, 0.29) is 55.7 Å². The molecule has 60 heavy (non-hydrogen) atoms. The number of carbonyl (C=O) groups is 4. The molecule has 13 nitrogen and oxygen atoms in total. The number of anilines is 1. The highest BCUT2D eigenvalue weighted by atomic mass is 35.5. The number of nitrogens with zero attached hydrogens (tertiary/aromatic N) is 3. The number of allylic oxidation sites excluding steroid dienone is 7. The molecule has 1 atom stereocenters. The normalized spacial score (nSPS) is 17.5. The molecule has 1 aromatic heterocycles. The Balaban J connectivity index is 0.901. The lowest BCUT2D eigenvalue weighted by molar-refractivity contribution is -0.136. The average molecular weight is 835 g/mol. The first-order valence-corrected chi connectivity index (χ1v) is 20.9. The second kappa shape index (κ2) is 19.9. The smallest absolute Gasteiger partial charge is 0.412 e. The van der Waals surface area contributed by atoms with Gasteiger partial charge in [0.15, 0.2) is 0 Å². The van der Waals surface area contributed by atoms with Crippen molar-refractivity contribution < 1.29 is 33.4 Å². The number of carbonyl (C=O) groups excluding carboxylic acids is 4. The summed E-state index contributed by atoms with van der Waals surface area (Å²) in [5, 5.41) is 8.15. The van der Waals surface area contributed by atoms with Crippen LogP contribution in [0.2, 0.25) is 0 Å². The highest BCUT2D eigenvalue weighted by molar-refractivity contribution is 6.19. The molecule has 1 fully saturated rings. The molecule has 3 aliphatic rings. The molecule has 1 aliphatic carbocycles. The molecule has 7 rings (SSSR count). The second-order valence-electron chi connectivity index (χ2n) is 15.3. The number of hydrogen-bond acceptors (Lipinski definition) is 8. The van der Waals surface area contributed by atoms with Gasteiger partial charge in [0.1, 0.15) is 23.8 Å². The summed E-state index contributed by atoms with van der Waals surface area (Å²) < 4.78 is 17.4. The number of H-pyrrole nitrogens is 1. The van der Waals surface area contributed by atoms with Gasteiger partial charge in [-0.3, -0.25) is 14.4 Å². The fourth-order valence-corrected chi connectivity index (χ4v) is 7.94. The van der Waals surface area contributed by atoms with Crippen LogP contribution in [0.5, 0.6) is 11.5 Å². The van der Waals surface area contributed by atoms with Gasteiger partial charge in [0.05, 0.1) is 25.3 Å². The fraction of sp³-hybridized carbons (Fsp3) is 0.348. The maximum absolute atomic E-state index is 14.2. The molecule has 4 amide bonds. The van der Waals surface area contributed by atoms with Crippen LogP contribution in [0.25, 0.3) is 21.7 Å². The number of nitrogens with one attached hydrogen (secondary N) is 3. The summed E-state index contributed by atoms with van der Waals surface area (Å²) in [6.07, 6.45) is 13.9. The SMILES string of the molecule is CN(C)CCOc1ccc2[nH]c(C(=O)N3C[C@@H](CCl)c4c3cc(OC(=O)NCCOCCC(=O)N3CCC(C(=O)NC5=C/C=C\C=C/C=C5)CC3)c3ccccc43)cc2c1. The van der Waals surface area contributed by atoms with Crippen LogP contribution in [0.1, 0.15) is 41.2 Å². The van der Waals surface area contributed by atoms with E-state index >= 15 is 0 Å². The van der Waals surface area contributed by atoms with Gasteiger partial charge < -0.3 is 44.5 Å². The first kappa shape index (κ1) is 42.2. The maximum atomic E-state index is 14.2. The maximum Gasteiger partial charge on any atom is 0.412 e. The molecule has 314 valence electrons. The van der Waals surface area contributed by atoms with Crippen LogP contribution >= 0.6 is 11.6 Å². The van der Waals surface area contributed by atoms with Crippen molar-refractivity contribution in [3.05, 3.63) is 114 Å². The quantitative estimate of drug-likeness (QED) is 0.0892. The number of rotatable bonds is 15. The molecule has 0 unspecified atom stereocenters. The van der Waals surface area contributed by atoms with Gasteiger partial charge in [-0.15, -0.1) is 11.6 Å². The van der Waals surface area contributed by atoms with Crippen LogP contribution in [0.4, 0.5) is 10.5 Å². The van der Waals surface area contributed by atoms with Gasteiger partial charge in [-0.05, 0) is 74.3 Å². The Morgan fingerprint density at radius 2 is 1.70 bits per heavy atom. The number of piperidine rings is 1. The minimum absolute atomic E-state index is 0.0318. The molecular weight excluding hydrogens is 784 g/mol. The van der Waals surface area contributed by atoms with Gasteiger partial charge in [0.2, 0.25) is 11.8 Å². The average Bonchev–Trinajstić information content (AvgIpc) is 3.84. The van der Waals surface area contributed by atoms with E-state index in [0.29, 0.717) is 62.1 Å². The lowest BCUT2D eigenvalue weighted by atomic mass is 9.95. The standard InChI is InChI=1S/C46H51ClN6O7/c1-51(2)22-25-59-35-14-15-38-32(26-35)27-39(50-38)45(56)53-30-33(29-47)43-37-13-9-8-12-36(37)41(28-40(43)53)60-46(57)48-19-24-58-23-18-42(54)52-20-16-31(17-21-52)44(55)49-34-10-6-4-3-5-7-11-34/h3-15,26-28,31,33,50H,16-25,29-30H2,1-2H3,(H,48,57)(H,49,55)/b4-3-,5-3?,6-4?,7-5-,10-6?,11-7?,34-10?,34-11?/t33-/m1/s1. The monoisotopic (exact) mass is 834 g/mol. The second-order valence-corrected chi connectivity index (χ2v) is 15.6.